The molecular weight excluding hydrogens is 447 g/mol. The van der Waals surface area contributed by atoms with Gasteiger partial charge in [-0.25, -0.2) is 19.3 Å². The van der Waals surface area contributed by atoms with E-state index in [-0.39, 0.29) is 30.0 Å². The summed E-state index contributed by atoms with van der Waals surface area (Å²) in [5.41, 5.74) is 2.44. The summed E-state index contributed by atoms with van der Waals surface area (Å²) < 4.78 is 13.8. The number of hydrogen-bond donors (Lipinski definition) is 1. The topological polar surface area (TPSA) is 84.8 Å². The quantitative estimate of drug-likeness (QED) is 0.413. The number of para-hydroxylation sites is 1. The summed E-state index contributed by atoms with van der Waals surface area (Å²) in [6, 6.07) is 10.8. The monoisotopic (exact) mass is 466 g/mol. The molecule has 0 aliphatic heterocycles. The van der Waals surface area contributed by atoms with Crippen LogP contribution in [0, 0.1) is 19.7 Å². The van der Waals surface area contributed by atoms with Crippen molar-refractivity contribution in [3.63, 3.8) is 0 Å². The molecule has 0 radical (unpaired) electrons. The lowest BCUT2D eigenvalue weighted by molar-refractivity contribution is -0.117. The number of carbonyl (C=O) groups is 2. The Morgan fingerprint density at radius 1 is 1.00 bits per heavy atom. The number of thiazole rings is 2. The molecule has 9 heteroatoms. The fourth-order valence-corrected chi connectivity index (χ4v) is 4.92. The van der Waals surface area contributed by atoms with Crippen LogP contribution in [0.25, 0.3) is 10.6 Å². The van der Waals surface area contributed by atoms with Crippen molar-refractivity contribution in [3.8, 4) is 10.6 Å². The first kappa shape index (κ1) is 21.9. The fourth-order valence-electron chi connectivity index (χ4n) is 3.15. The number of pyridine rings is 1. The van der Waals surface area contributed by atoms with Crippen molar-refractivity contribution in [3.05, 3.63) is 80.8 Å². The Kier molecular flexibility index (Phi) is 6.48. The Bertz CT molecular complexity index is 1300. The first-order valence-corrected chi connectivity index (χ1v) is 11.5. The van der Waals surface area contributed by atoms with Gasteiger partial charge < -0.3 is 5.32 Å². The molecule has 6 nitrogen and oxygen atoms in total. The minimum absolute atomic E-state index is 0.0535. The highest BCUT2D eigenvalue weighted by molar-refractivity contribution is 7.16. The molecule has 0 saturated heterocycles. The number of aromatic nitrogens is 3. The summed E-state index contributed by atoms with van der Waals surface area (Å²) in [5.74, 6) is -1.12. The van der Waals surface area contributed by atoms with Gasteiger partial charge in [-0.3, -0.25) is 9.59 Å². The van der Waals surface area contributed by atoms with E-state index < -0.39 is 11.7 Å². The molecule has 0 bridgehead atoms. The predicted molar refractivity (Wildman–Crippen MR) is 124 cm³/mol. The third-order valence-electron chi connectivity index (χ3n) is 4.58. The number of benzene rings is 1. The number of anilines is 1. The molecule has 0 fully saturated rings. The second kappa shape index (κ2) is 9.46. The molecule has 4 aromatic rings. The van der Waals surface area contributed by atoms with Crippen LogP contribution in [0.4, 0.5) is 10.1 Å². The molecule has 3 aromatic heterocycles. The van der Waals surface area contributed by atoms with E-state index in [1.54, 1.807) is 35.6 Å². The molecule has 32 heavy (non-hydrogen) atoms. The molecule has 0 aliphatic rings. The molecule has 1 amide bonds. The van der Waals surface area contributed by atoms with Crippen molar-refractivity contribution >= 4 is 40.1 Å². The van der Waals surface area contributed by atoms with Gasteiger partial charge in [0.05, 0.1) is 33.4 Å². The number of aryl methyl sites for hydroxylation is 2. The van der Waals surface area contributed by atoms with E-state index in [0.29, 0.717) is 5.69 Å². The maximum Gasteiger partial charge on any atom is 0.274 e. The maximum atomic E-state index is 13.8. The predicted octanol–water partition coefficient (Wildman–Crippen LogP) is 5.02. The van der Waals surface area contributed by atoms with Crippen LogP contribution in [0.1, 0.15) is 31.9 Å². The van der Waals surface area contributed by atoms with Crippen LogP contribution >= 0.6 is 22.7 Å². The van der Waals surface area contributed by atoms with Crippen LogP contribution in [0.5, 0.6) is 0 Å². The minimum Gasteiger partial charge on any atom is -0.318 e. The Hall–Kier alpha value is -3.30. The molecule has 0 atom stereocenters. The summed E-state index contributed by atoms with van der Waals surface area (Å²) in [5, 5.41) is 6.14. The molecule has 0 aliphatic carbocycles. The van der Waals surface area contributed by atoms with Crippen LogP contribution in [0.3, 0.4) is 0 Å². The van der Waals surface area contributed by atoms with Crippen molar-refractivity contribution in [1.82, 2.24) is 15.0 Å². The second-order valence-corrected chi connectivity index (χ2v) is 9.26. The van der Waals surface area contributed by atoms with Crippen LogP contribution in [-0.2, 0) is 17.6 Å². The fraction of sp³-hybridized carbons (Fsp3) is 0.174. The van der Waals surface area contributed by atoms with Gasteiger partial charge in [-0.05, 0) is 38.1 Å². The van der Waals surface area contributed by atoms with Gasteiger partial charge in [0.15, 0.2) is 0 Å². The molecule has 162 valence electrons. The lowest BCUT2D eigenvalue weighted by Gasteiger charge is -2.07. The summed E-state index contributed by atoms with van der Waals surface area (Å²) >= 11 is 3.02. The largest absolute Gasteiger partial charge is 0.318 e. The van der Waals surface area contributed by atoms with Gasteiger partial charge in [0.1, 0.15) is 22.3 Å². The standard InChI is InChI=1S/C23H19FN4O2S2/c1-13-22(32-14(2)25-13)20-12-31-21(27-20)11-16(29)10-15-6-5-9-19(26-15)23(30)28-18-8-4-3-7-17(18)24/h3-9,12H,10-11H2,1-2H3,(H,28,30). The Balaban J connectivity index is 1.40. The van der Waals surface area contributed by atoms with Gasteiger partial charge in [0.2, 0.25) is 0 Å². The number of ketones is 1. The lowest BCUT2D eigenvalue weighted by atomic mass is 10.1. The first-order valence-electron chi connectivity index (χ1n) is 9.81. The van der Waals surface area contributed by atoms with Gasteiger partial charge in [0.25, 0.3) is 5.91 Å². The van der Waals surface area contributed by atoms with Gasteiger partial charge in [-0.2, -0.15) is 0 Å². The maximum absolute atomic E-state index is 13.8. The third-order valence-corrected chi connectivity index (χ3v) is 6.52. The van der Waals surface area contributed by atoms with Crippen LogP contribution in [-0.4, -0.2) is 26.6 Å². The van der Waals surface area contributed by atoms with E-state index in [0.717, 1.165) is 26.3 Å². The zero-order valence-electron chi connectivity index (χ0n) is 17.4. The number of nitrogens with zero attached hydrogens (tertiary/aromatic N) is 3. The van der Waals surface area contributed by atoms with Gasteiger partial charge >= 0.3 is 0 Å². The molecule has 4 rings (SSSR count). The molecule has 0 spiro atoms. The molecule has 0 unspecified atom stereocenters. The zero-order valence-corrected chi connectivity index (χ0v) is 19.0. The average Bonchev–Trinajstić information content (AvgIpc) is 3.35. The van der Waals surface area contributed by atoms with E-state index in [2.05, 4.69) is 20.3 Å². The smallest absolute Gasteiger partial charge is 0.274 e. The first-order chi connectivity index (χ1) is 15.4. The number of rotatable bonds is 7. The van der Waals surface area contributed by atoms with Crippen LogP contribution < -0.4 is 5.32 Å². The Labute approximate surface area is 192 Å². The highest BCUT2D eigenvalue weighted by Crippen LogP contribution is 2.30. The summed E-state index contributed by atoms with van der Waals surface area (Å²) in [4.78, 5) is 39.3. The summed E-state index contributed by atoms with van der Waals surface area (Å²) in [6.45, 7) is 3.90. The van der Waals surface area contributed by atoms with Gasteiger partial charge in [0, 0.05) is 17.5 Å². The number of carbonyl (C=O) groups excluding carboxylic acids is 2. The van der Waals surface area contributed by atoms with Crippen LogP contribution in [0.2, 0.25) is 0 Å². The van der Waals surface area contributed by atoms with E-state index in [1.807, 2.05) is 19.2 Å². The summed E-state index contributed by atoms with van der Waals surface area (Å²) in [6.07, 6.45) is 0.267. The van der Waals surface area contributed by atoms with Gasteiger partial charge in [-0.15, -0.1) is 22.7 Å². The van der Waals surface area contributed by atoms with Crippen LogP contribution in [0.15, 0.2) is 47.8 Å². The SMILES string of the molecule is Cc1nc(C)c(-c2csc(CC(=O)Cc3cccc(C(=O)Nc4ccccc4F)n3)n2)s1. The molecule has 1 N–H and O–H groups in total. The van der Waals surface area contributed by atoms with Crippen molar-refractivity contribution < 1.29 is 14.0 Å². The average molecular weight is 467 g/mol. The third kappa shape index (κ3) is 5.12. The number of Topliss-reactive ketones (excluding diaryl/α,β-unsaturated/α-hetero) is 1. The van der Waals surface area contributed by atoms with Crippen molar-refractivity contribution in [1.29, 1.82) is 0 Å². The van der Waals surface area contributed by atoms with E-state index in [9.17, 15) is 14.0 Å². The van der Waals surface area contributed by atoms with Crippen molar-refractivity contribution in [2.24, 2.45) is 0 Å². The zero-order chi connectivity index (χ0) is 22.7. The highest BCUT2D eigenvalue weighted by Gasteiger charge is 2.15. The van der Waals surface area contributed by atoms with Crippen molar-refractivity contribution in [2.45, 2.75) is 26.7 Å². The minimum atomic E-state index is -0.538. The molecule has 3 heterocycles. The lowest BCUT2D eigenvalue weighted by Crippen LogP contribution is -2.16. The highest BCUT2D eigenvalue weighted by atomic mass is 32.1. The van der Waals surface area contributed by atoms with E-state index in [4.69, 9.17) is 0 Å². The van der Waals surface area contributed by atoms with E-state index >= 15 is 0 Å². The van der Waals surface area contributed by atoms with Gasteiger partial charge in [-0.1, -0.05) is 18.2 Å². The Morgan fingerprint density at radius 3 is 2.56 bits per heavy atom. The summed E-state index contributed by atoms with van der Waals surface area (Å²) in [7, 11) is 0. The van der Waals surface area contributed by atoms with Crippen molar-refractivity contribution in [2.75, 3.05) is 5.32 Å². The number of nitrogens with one attached hydrogen (secondary N) is 1. The number of amides is 1. The number of halogens is 1. The van der Waals surface area contributed by atoms with E-state index in [1.165, 1.54) is 29.5 Å². The number of hydrogen-bond acceptors (Lipinski definition) is 7. The normalized spacial score (nSPS) is 10.8. The Morgan fingerprint density at radius 2 is 1.81 bits per heavy atom. The molecule has 1 aromatic carbocycles. The second-order valence-electron chi connectivity index (χ2n) is 7.11. The molecule has 0 saturated carbocycles. The molecular formula is C23H19FN4O2S2.